The summed E-state index contributed by atoms with van der Waals surface area (Å²) in [5, 5.41) is 7.03. The molecule has 0 aromatic heterocycles. The standard InChI is InChI=1S/C28H28PS.C24H20B/c1-2-30(23-25-15-7-3-8-16-25)24-29(26-17-9-4-10-18-26,27-19-11-5-12-20-27)28-21-13-6-14-22-28;1-5-13-21(14-6-1)25(22-15-7-2-8-16-22,23-17-9-3-10-18-23)24-19-11-4-12-20-24/h3-22,24H,2,23H2,1H3;1-20H/q+1;-1. The first-order valence-corrected chi connectivity index (χ1v) is 22.7. The van der Waals surface area contributed by atoms with Crippen LogP contribution in [0.25, 0.3) is 0 Å². The first kappa shape index (κ1) is 37.8. The molecule has 0 heterocycles. The summed E-state index contributed by atoms with van der Waals surface area (Å²) in [7, 11) is 0.171. The van der Waals surface area contributed by atoms with E-state index in [0.29, 0.717) is 0 Å². The molecule has 55 heavy (non-hydrogen) atoms. The highest BCUT2D eigenvalue weighted by Crippen LogP contribution is 2.44. The second kappa shape index (κ2) is 18.7. The van der Waals surface area contributed by atoms with Gasteiger partial charge >= 0.3 is 0 Å². The average molecular weight is 747 g/mol. The van der Waals surface area contributed by atoms with Crippen molar-refractivity contribution in [3.8, 4) is 0 Å². The maximum Gasteiger partial charge on any atom is 0.138 e. The van der Waals surface area contributed by atoms with E-state index in [2.05, 4.69) is 255 Å². The Morgan fingerprint density at radius 2 is 0.618 bits per heavy atom. The van der Waals surface area contributed by atoms with Crippen LogP contribution in [0.1, 0.15) is 12.5 Å². The predicted molar refractivity (Wildman–Crippen MR) is 249 cm³/mol. The molecular formula is C52H48BPS. The van der Waals surface area contributed by atoms with E-state index >= 15 is 0 Å². The fourth-order valence-corrected chi connectivity index (χ4v) is 15.8. The number of rotatable bonds is 11. The van der Waals surface area contributed by atoms with E-state index in [1.54, 1.807) is 0 Å². The molecular weight excluding hydrogens is 698 g/mol. The molecule has 1 unspecified atom stereocenters. The Bertz CT molecular complexity index is 2090. The van der Waals surface area contributed by atoms with Gasteiger partial charge in [-0.3, -0.25) is 0 Å². The minimum absolute atomic E-state index is 0.171. The number of hydrogen-bond acceptors (Lipinski definition) is 0. The SMILES string of the molecule is CC[S+](C=P(c1ccccc1)(c1ccccc1)c1ccccc1)Cc1ccccc1.c1ccc([B-](c2ccccc2)(c2ccccc2)c2ccccc2)cc1. The first-order chi connectivity index (χ1) is 27.2. The Morgan fingerprint density at radius 3 is 0.891 bits per heavy atom. The third-order valence-electron chi connectivity index (χ3n) is 10.6. The van der Waals surface area contributed by atoms with Crippen molar-refractivity contribution < 1.29 is 0 Å². The molecule has 0 bridgehead atoms. The Hall–Kier alpha value is -5.53. The fourth-order valence-electron chi connectivity index (χ4n) is 7.97. The van der Waals surface area contributed by atoms with Crippen molar-refractivity contribution in [3.05, 3.63) is 248 Å². The summed E-state index contributed by atoms with van der Waals surface area (Å²) in [5.74, 6) is 2.26. The van der Waals surface area contributed by atoms with Gasteiger partial charge in [-0.15, -0.1) is 0 Å². The van der Waals surface area contributed by atoms with Crippen LogP contribution in [0, 0.1) is 0 Å². The first-order valence-electron chi connectivity index (χ1n) is 19.2. The molecule has 0 saturated carbocycles. The quantitative estimate of drug-likeness (QED) is 0.0707. The zero-order valence-corrected chi connectivity index (χ0v) is 33.2. The van der Waals surface area contributed by atoms with Crippen molar-refractivity contribution in [1.29, 1.82) is 0 Å². The Morgan fingerprint density at radius 1 is 0.364 bits per heavy atom. The summed E-state index contributed by atoms with van der Waals surface area (Å²) >= 11 is 0. The van der Waals surface area contributed by atoms with Gasteiger partial charge in [0.15, 0.2) is 0 Å². The van der Waals surface area contributed by atoms with E-state index in [1.165, 1.54) is 43.3 Å². The predicted octanol–water partition coefficient (Wildman–Crippen LogP) is 8.64. The fraction of sp³-hybridized carbons (Fsp3) is 0.0577. The number of benzene rings is 8. The summed E-state index contributed by atoms with van der Waals surface area (Å²) in [6.45, 7) is 0.456. The molecule has 0 N–H and O–H groups in total. The molecule has 8 aromatic rings. The third kappa shape index (κ3) is 8.43. The Labute approximate surface area is 331 Å². The molecule has 0 radical (unpaired) electrons. The summed E-state index contributed by atoms with van der Waals surface area (Å²) in [4.78, 5) is 0. The van der Waals surface area contributed by atoms with Gasteiger partial charge in [0.1, 0.15) is 22.8 Å². The second-order valence-corrected chi connectivity index (χ2v) is 19.6. The van der Waals surface area contributed by atoms with E-state index < -0.39 is 13.0 Å². The van der Waals surface area contributed by atoms with Gasteiger partial charge in [0.05, 0.1) is 0 Å². The van der Waals surface area contributed by atoms with Crippen LogP contribution in [-0.4, -0.2) is 17.0 Å². The second-order valence-electron chi connectivity index (χ2n) is 13.8. The van der Waals surface area contributed by atoms with Crippen molar-refractivity contribution in [1.82, 2.24) is 0 Å². The van der Waals surface area contributed by atoms with Crippen LogP contribution in [0.4, 0.5) is 0 Å². The Balaban J connectivity index is 0.000000172. The monoisotopic (exact) mass is 746 g/mol. The van der Waals surface area contributed by atoms with Crippen LogP contribution in [0.3, 0.4) is 0 Å². The molecule has 3 heteroatoms. The van der Waals surface area contributed by atoms with Gasteiger partial charge in [-0.25, -0.2) is 0 Å². The molecule has 0 aliphatic carbocycles. The molecule has 0 fully saturated rings. The van der Waals surface area contributed by atoms with Gasteiger partial charge in [-0.1, -0.05) is 243 Å². The summed E-state index contributed by atoms with van der Waals surface area (Å²) in [6, 6.07) is 87.9. The zero-order chi connectivity index (χ0) is 37.6. The molecule has 1 atom stereocenters. The highest BCUT2D eigenvalue weighted by atomic mass is 32.2. The summed E-state index contributed by atoms with van der Waals surface area (Å²) < 4.78 is 0. The summed E-state index contributed by atoms with van der Waals surface area (Å²) in [6.07, 6.45) is -1.22. The van der Waals surface area contributed by atoms with Gasteiger partial charge in [-0.2, -0.15) is 21.9 Å². The van der Waals surface area contributed by atoms with Crippen molar-refractivity contribution in [2.45, 2.75) is 12.7 Å². The highest BCUT2D eigenvalue weighted by molar-refractivity contribution is 8.20. The lowest BCUT2D eigenvalue weighted by atomic mass is 9.13. The molecule has 8 aromatic carbocycles. The topological polar surface area (TPSA) is 0 Å². The van der Waals surface area contributed by atoms with E-state index in [1.807, 2.05) is 0 Å². The molecule has 0 spiro atoms. The summed E-state index contributed by atoms with van der Waals surface area (Å²) in [5.41, 5.74) is 6.78. The minimum atomic E-state index is -1.88. The largest absolute Gasteiger partial charge is 0.195 e. The normalized spacial score (nSPS) is 11.8. The van der Waals surface area contributed by atoms with Crippen LogP contribution in [0.5, 0.6) is 0 Å². The molecule has 0 aliphatic rings. The lowest BCUT2D eigenvalue weighted by molar-refractivity contribution is 1.38. The highest BCUT2D eigenvalue weighted by Gasteiger charge is 2.32. The van der Waals surface area contributed by atoms with Crippen molar-refractivity contribution in [3.63, 3.8) is 0 Å². The van der Waals surface area contributed by atoms with Gasteiger partial charge in [-0.05, 0) is 22.8 Å². The van der Waals surface area contributed by atoms with Gasteiger partial charge < -0.3 is 0 Å². The van der Waals surface area contributed by atoms with Crippen LogP contribution in [-0.2, 0) is 16.6 Å². The maximum absolute atomic E-state index is 2.74. The average Bonchev–Trinajstić information content (AvgIpc) is 3.28. The molecule has 0 saturated heterocycles. The van der Waals surface area contributed by atoms with E-state index in [9.17, 15) is 0 Å². The van der Waals surface area contributed by atoms with Gasteiger partial charge in [0, 0.05) is 23.3 Å². The zero-order valence-electron chi connectivity index (χ0n) is 31.5. The lowest BCUT2D eigenvalue weighted by Crippen LogP contribution is -2.74. The van der Waals surface area contributed by atoms with Crippen molar-refractivity contribution in [2.24, 2.45) is 0 Å². The van der Waals surface area contributed by atoms with Crippen molar-refractivity contribution in [2.75, 3.05) is 5.75 Å². The molecule has 0 aliphatic heterocycles. The van der Waals surface area contributed by atoms with Gasteiger partial charge in [0.2, 0.25) is 0 Å². The molecule has 0 nitrogen and oxygen atoms in total. The minimum Gasteiger partial charge on any atom is -0.195 e. The molecule has 270 valence electrons. The lowest BCUT2D eigenvalue weighted by Gasteiger charge is -2.44. The molecule has 8 rings (SSSR count). The van der Waals surface area contributed by atoms with Crippen LogP contribution in [0.15, 0.2) is 243 Å². The van der Waals surface area contributed by atoms with E-state index in [0.717, 1.165) is 11.5 Å². The van der Waals surface area contributed by atoms with Crippen LogP contribution >= 0.6 is 6.89 Å². The molecule has 0 amide bonds. The Kier molecular flexibility index (Phi) is 12.8. The van der Waals surface area contributed by atoms with E-state index in [-0.39, 0.29) is 10.9 Å². The van der Waals surface area contributed by atoms with E-state index in [4.69, 9.17) is 0 Å². The van der Waals surface area contributed by atoms with Crippen LogP contribution in [0.2, 0.25) is 0 Å². The number of hydrogen-bond donors (Lipinski definition) is 0. The maximum atomic E-state index is 2.74. The third-order valence-corrected chi connectivity index (χ3v) is 17.8. The van der Waals surface area contributed by atoms with Crippen LogP contribution < -0.4 is 37.8 Å². The van der Waals surface area contributed by atoms with Gasteiger partial charge in [0.25, 0.3) is 0 Å². The van der Waals surface area contributed by atoms with Crippen molar-refractivity contribution >= 4 is 66.8 Å². The smallest absolute Gasteiger partial charge is 0.138 e.